The molecule has 0 bridgehead atoms. The maximum atomic E-state index is 13.5. The molecule has 5 rings (SSSR count). The first kappa shape index (κ1) is 20.2. The molecule has 1 aliphatic heterocycles. The SMILES string of the molecule is CCc1nnc(N2C(=O)c3oc4ccccc4c(=O)c3C2c2ccc(OC)c(OC)c2)s1. The van der Waals surface area contributed by atoms with Crippen LogP contribution in [0, 0.1) is 0 Å². The number of hydrogen-bond donors (Lipinski definition) is 0. The Morgan fingerprint density at radius 2 is 1.84 bits per heavy atom. The Balaban J connectivity index is 1.79. The first-order chi connectivity index (χ1) is 15.6. The minimum absolute atomic E-state index is 0.0155. The van der Waals surface area contributed by atoms with Gasteiger partial charge >= 0.3 is 0 Å². The van der Waals surface area contributed by atoms with E-state index < -0.39 is 11.9 Å². The minimum atomic E-state index is -0.740. The van der Waals surface area contributed by atoms with E-state index in [0.717, 1.165) is 5.01 Å². The lowest BCUT2D eigenvalue weighted by molar-refractivity contribution is 0.0970. The van der Waals surface area contributed by atoms with Crippen LogP contribution in [-0.4, -0.2) is 30.3 Å². The minimum Gasteiger partial charge on any atom is -0.493 e. The van der Waals surface area contributed by atoms with Crippen molar-refractivity contribution in [1.82, 2.24) is 10.2 Å². The van der Waals surface area contributed by atoms with Crippen LogP contribution < -0.4 is 19.8 Å². The van der Waals surface area contributed by atoms with E-state index in [4.69, 9.17) is 13.9 Å². The van der Waals surface area contributed by atoms with Gasteiger partial charge in [-0.1, -0.05) is 36.5 Å². The fraction of sp³-hybridized carbons (Fsp3) is 0.217. The first-order valence-electron chi connectivity index (χ1n) is 10.0. The number of rotatable bonds is 5. The highest BCUT2D eigenvalue weighted by Gasteiger charge is 2.45. The predicted octanol–water partition coefficient (Wildman–Crippen LogP) is 3.97. The van der Waals surface area contributed by atoms with Crippen molar-refractivity contribution >= 4 is 33.3 Å². The summed E-state index contributed by atoms with van der Waals surface area (Å²) in [6.07, 6.45) is 0.689. The molecule has 8 nitrogen and oxygen atoms in total. The number of amides is 1. The maximum Gasteiger partial charge on any atom is 0.297 e. The molecule has 2 aromatic heterocycles. The Labute approximate surface area is 187 Å². The second-order valence-electron chi connectivity index (χ2n) is 7.19. The molecule has 0 spiro atoms. The number of fused-ring (bicyclic) bond motifs is 2. The lowest BCUT2D eigenvalue weighted by Crippen LogP contribution is -2.29. The molecule has 0 N–H and O–H groups in total. The third-order valence-electron chi connectivity index (χ3n) is 5.47. The van der Waals surface area contributed by atoms with E-state index in [9.17, 15) is 9.59 Å². The van der Waals surface area contributed by atoms with E-state index in [1.165, 1.54) is 23.3 Å². The zero-order valence-electron chi connectivity index (χ0n) is 17.6. The molecule has 1 amide bonds. The number of carbonyl (C=O) groups is 1. The van der Waals surface area contributed by atoms with Gasteiger partial charge in [-0.3, -0.25) is 14.5 Å². The van der Waals surface area contributed by atoms with Gasteiger partial charge in [-0.05, 0) is 36.2 Å². The van der Waals surface area contributed by atoms with Gasteiger partial charge in [0.1, 0.15) is 10.6 Å². The average Bonchev–Trinajstić information content (AvgIpc) is 3.41. The normalized spacial score (nSPS) is 15.3. The summed E-state index contributed by atoms with van der Waals surface area (Å²) < 4.78 is 16.8. The Morgan fingerprint density at radius 3 is 2.56 bits per heavy atom. The average molecular weight is 449 g/mol. The summed E-state index contributed by atoms with van der Waals surface area (Å²) in [5.74, 6) is 0.618. The number of hydrogen-bond acceptors (Lipinski definition) is 8. The van der Waals surface area contributed by atoms with Gasteiger partial charge in [-0.2, -0.15) is 0 Å². The van der Waals surface area contributed by atoms with Crippen molar-refractivity contribution in [2.24, 2.45) is 0 Å². The van der Waals surface area contributed by atoms with Gasteiger partial charge in [-0.25, -0.2) is 0 Å². The molecule has 0 saturated heterocycles. The summed E-state index contributed by atoms with van der Waals surface area (Å²) in [5.41, 5.74) is 1.06. The fourth-order valence-electron chi connectivity index (χ4n) is 3.94. The van der Waals surface area contributed by atoms with Crippen molar-refractivity contribution in [3.05, 3.63) is 74.6 Å². The molecule has 1 unspecified atom stereocenters. The number of nitrogens with zero attached hydrogens (tertiary/aromatic N) is 3. The number of anilines is 1. The van der Waals surface area contributed by atoms with E-state index in [1.54, 1.807) is 49.6 Å². The standard InChI is InChI=1S/C23H19N3O5S/c1-4-17-24-25-23(32-17)26-19(12-9-10-15(29-2)16(11-12)30-3)18-20(27)13-7-5-6-8-14(13)31-21(18)22(26)28/h5-11,19H,4H2,1-3H3. The Morgan fingerprint density at radius 1 is 1.06 bits per heavy atom. The van der Waals surface area contributed by atoms with Crippen LogP contribution in [0.5, 0.6) is 11.5 Å². The van der Waals surface area contributed by atoms with Gasteiger partial charge in [0.2, 0.25) is 10.9 Å². The number of para-hydroxylation sites is 1. The zero-order chi connectivity index (χ0) is 22.4. The summed E-state index contributed by atoms with van der Waals surface area (Å²) in [7, 11) is 3.08. The predicted molar refractivity (Wildman–Crippen MR) is 120 cm³/mol. The van der Waals surface area contributed by atoms with E-state index in [2.05, 4.69) is 10.2 Å². The highest BCUT2D eigenvalue weighted by molar-refractivity contribution is 7.15. The maximum absolute atomic E-state index is 13.5. The van der Waals surface area contributed by atoms with Gasteiger partial charge in [0.05, 0.1) is 31.2 Å². The highest BCUT2D eigenvalue weighted by atomic mass is 32.1. The van der Waals surface area contributed by atoms with Gasteiger partial charge in [0, 0.05) is 0 Å². The van der Waals surface area contributed by atoms with Crippen LogP contribution in [0.1, 0.15) is 39.7 Å². The zero-order valence-corrected chi connectivity index (χ0v) is 18.4. The first-order valence-corrected chi connectivity index (χ1v) is 10.8. The van der Waals surface area contributed by atoms with Crippen LogP contribution >= 0.6 is 11.3 Å². The second-order valence-corrected chi connectivity index (χ2v) is 8.23. The fourth-order valence-corrected chi connectivity index (χ4v) is 4.75. The molecule has 2 aromatic carbocycles. The molecule has 1 aliphatic rings. The monoisotopic (exact) mass is 449 g/mol. The van der Waals surface area contributed by atoms with E-state index in [1.807, 2.05) is 6.92 Å². The van der Waals surface area contributed by atoms with Gasteiger partial charge in [0.15, 0.2) is 16.9 Å². The number of carbonyl (C=O) groups excluding carboxylic acids is 1. The molecule has 0 aliphatic carbocycles. The number of ether oxygens (including phenoxy) is 2. The van der Waals surface area contributed by atoms with Crippen LogP contribution in [0.3, 0.4) is 0 Å². The molecule has 0 fully saturated rings. The number of benzene rings is 2. The molecule has 32 heavy (non-hydrogen) atoms. The van der Waals surface area contributed by atoms with Gasteiger partial charge in [-0.15, -0.1) is 10.2 Å². The van der Waals surface area contributed by atoms with Crippen LogP contribution in [-0.2, 0) is 6.42 Å². The lowest BCUT2D eigenvalue weighted by Gasteiger charge is -2.23. The van der Waals surface area contributed by atoms with Crippen LogP contribution in [0.15, 0.2) is 51.7 Å². The Hall–Kier alpha value is -3.72. The summed E-state index contributed by atoms with van der Waals surface area (Å²) in [5, 5.41) is 10.0. The molecular formula is C23H19N3O5S. The molecule has 0 saturated carbocycles. The third kappa shape index (κ3) is 2.96. The van der Waals surface area contributed by atoms with Gasteiger partial charge in [0.25, 0.3) is 5.91 Å². The smallest absolute Gasteiger partial charge is 0.297 e. The van der Waals surface area contributed by atoms with E-state index in [-0.39, 0.29) is 16.8 Å². The van der Waals surface area contributed by atoms with Crippen molar-refractivity contribution in [2.45, 2.75) is 19.4 Å². The largest absolute Gasteiger partial charge is 0.493 e. The molecule has 9 heteroatoms. The molecular weight excluding hydrogens is 430 g/mol. The number of aromatic nitrogens is 2. The topological polar surface area (TPSA) is 94.8 Å². The Kier molecular flexibility index (Phi) is 4.90. The van der Waals surface area contributed by atoms with Crippen molar-refractivity contribution < 1.29 is 18.7 Å². The number of aryl methyl sites for hydroxylation is 1. The lowest BCUT2D eigenvalue weighted by atomic mass is 9.98. The summed E-state index contributed by atoms with van der Waals surface area (Å²) >= 11 is 1.31. The van der Waals surface area contributed by atoms with E-state index in [0.29, 0.717) is 39.6 Å². The van der Waals surface area contributed by atoms with E-state index >= 15 is 0 Å². The highest BCUT2D eigenvalue weighted by Crippen LogP contribution is 2.43. The Bertz CT molecular complexity index is 1410. The summed E-state index contributed by atoms with van der Waals surface area (Å²) in [6.45, 7) is 1.97. The van der Waals surface area contributed by atoms with Crippen molar-refractivity contribution in [1.29, 1.82) is 0 Å². The number of methoxy groups -OCH3 is 2. The summed E-state index contributed by atoms with van der Waals surface area (Å²) in [6, 6.07) is 11.5. The summed E-state index contributed by atoms with van der Waals surface area (Å²) in [4.78, 5) is 28.5. The third-order valence-corrected chi connectivity index (χ3v) is 6.53. The quantitative estimate of drug-likeness (QED) is 0.455. The van der Waals surface area contributed by atoms with Crippen molar-refractivity contribution in [3.8, 4) is 11.5 Å². The van der Waals surface area contributed by atoms with Gasteiger partial charge < -0.3 is 13.9 Å². The van der Waals surface area contributed by atoms with Crippen molar-refractivity contribution in [3.63, 3.8) is 0 Å². The van der Waals surface area contributed by atoms with Crippen LogP contribution in [0.4, 0.5) is 5.13 Å². The molecule has 0 radical (unpaired) electrons. The molecule has 162 valence electrons. The second kappa shape index (κ2) is 7.76. The molecule has 4 aromatic rings. The van der Waals surface area contributed by atoms with Crippen molar-refractivity contribution in [2.75, 3.05) is 19.1 Å². The van der Waals surface area contributed by atoms with Crippen LogP contribution in [0.2, 0.25) is 0 Å². The van der Waals surface area contributed by atoms with Crippen LogP contribution in [0.25, 0.3) is 11.0 Å². The molecule has 3 heterocycles. The molecule has 1 atom stereocenters.